The number of fused-ring (bicyclic) bond motifs is 2. The molecule has 9 nitrogen and oxygen atoms in total. The number of aromatic nitrogens is 2. The maximum Gasteiger partial charge on any atom is 0.251 e. The van der Waals surface area contributed by atoms with Crippen molar-refractivity contribution in [2.45, 2.75) is 51.7 Å². The van der Waals surface area contributed by atoms with Crippen LogP contribution in [0.25, 0.3) is 10.9 Å². The zero-order valence-corrected chi connectivity index (χ0v) is 23.4. The smallest absolute Gasteiger partial charge is 0.251 e. The lowest BCUT2D eigenvalue weighted by Crippen LogP contribution is -2.50. The Bertz CT molecular complexity index is 1640. The Kier molecular flexibility index (Phi) is 7.14. The lowest BCUT2D eigenvalue weighted by molar-refractivity contribution is -0.139. The van der Waals surface area contributed by atoms with Crippen LogP contribution in [0.4, 0.5) is 4.39 Å². The van der Waals surface area contributed by atoms with Crippen molar-refractivity contribution in [3.8, 4) is 11.5 Å². The van der Waals surface area contributed by atoms with Gasteiger partial charge in [0.25, 0.3) is 5.91 Å². The molecule has 6 rings (SSSR count). The molecule has 3 amide bonds. The van der Waals surface area contributed by atoms with Gasteiger partial charge in [-0.05, 0) is 66.6 Å². The molecular weight excluding hydrogens is 537 g/mol. The number of hydrogen-bond donors (Lipinski definition) is 3. The van der Waals surface area contributed by atoms with E-state index in [4.69, 9.17) is 4.74 Å². The number of nitrogens with one attached hydrogen (secondary N) is 3. The SMILES string of the molecule is CCc1ccc(Oc2cc(F)cc(C(=O)NCC(=O)N3[C@H]4C[C@@]4(C)C[C@H]3C(=O)NCc3cc4cnccc4[nH]3)c2)cc1. The van der Waals surface area contributed by atoms with Crippen LogP contribution < -0.4 is 15.4 Å². The van der Waals surface area contributed by atoms with Gasteiger partial charge >= 0.3 is 0 Å². The average Bonchev–Trinajstić information content (AvgIpc) is 3.31. The molecule has 3 atom stereocenters. The molecule has 1 saturated heterocycles. The normalized spacial score (nSPS) is 20.7. The molecule has 2 aromatic heterocycles. The second-order valence-electron chi connectivity index (χ2n) is 11.3. The van der Waals surface area contributed by atoms with Crippen LogP contribution >= 0.6 is 0 Å². The fraction of sp³-hybridized carbons (Fsp3) is 0.312. The molecule has 1 aliphatic carbocycles. The second-order valence-corrected chi connectivity index (χ2v) is 11.3. The quantitative estimate of drug-likeness (QED) is 0.275. The zero-order valence-electron chi connectivity index (χ0n) is 23.4. The number of likely N-dealkylation sites (tertiary alicyclic amines) is 1. The summed E-state index contributed by atoms with van der Waals surface area (Å²) in [6.45, 7) is 4.09. The summed E-state index contributed by atoms with van der Waals surface area (Å²) < 4.78 is 20.1. The molecule has 2 fully saturated rings. The Morgan fingerprint density at radius 1 is 1.07 bits per heavy atom. The summed E-state index contributed by atoms with van der Waals surface area (Å²) >= 11 is 0. The molecule has 4 aromatic rings. The number of H-pyrrole nitrogens is 1. The van der Waals surface area contributed by atoms with E-state index >= 15 is 0 Å². The molecule has 2 aromatic carbocycles. The lowest BCUT2D eigenvalue weighted by atomic mass is 10.0. The third-order valence-corrected chi connectivity index (χ3v) is 8.26. The molecule has 1 aliphatic heterocycles. The maximum atomic E-state index is 14.4. The minimum absolute atomic E-state index is 0.0310. The number of aromatic amines is 1. The van der Waals surface area contributed by atoms with Gasteiger partial charge in [0.2, 0.25) is 11.8 Å². The molecular formula is C32H32FN5O4. The van der Waals surface area contributed by atoms with E-state index in [0.29, 0.717) is 12.2 Å². The highest BCUT2D eigenvalue weighted by Gasteiger charge is 2.64. The van der Waals surface area contributed by atoms with Crippen molar-refractivity contribution in [3.63, 3.8) is 0 Å². The first-order valence-electron chi connectivity index (χ1n) is 14.1. The van der Waals surface area contributed by atoms with Gasteiger partial charge in [-0.3, -0.25) is 19.4 Å². The number of piperidine rings is 1. The summed E-state index contributed by atoms with van der Waals surface area (Å²) in [6.07, 6.45) is 5.70. The van der Waals surface area contributed by atoms with Gasteiger partial charge in [-0.15, -0.1) is 0 Å². The van der Waals surface area contributed by atoms with Crippen LogP contribution in [0.1, 0.15) is 48.3 Å². The standard InChI is InChI=1S/C32H32FN5O4/c1-3-19-4-6-24(7-5-19)42-25-12-20(10-22(33)13-25)30(40)36-18-29(39)38-27(14-32(2)15-28(32)38)31(41)35-17-23-11-21-16-34-9-8-26(21)37-23/h4-13,16,27-28,37H,3,14-15,17-18H2,1-2H3,(H,35,41)(H,36,40)/t27-,28-,32+/m0/s1. The minimum Gasteiger partial charge on any atom is -0.457 e. The van der Waals surface area contributed by atoms with Crippen molar-refractivity contribution in [2.24, 2.45) is 5.41 Å². The van der Waals surface area contributed by atoms with Crippen LogP contribution in [0.3, 0.4) is 0 Å². The third kappa shape index (κ3) is 5.57. The van der Waals surface area contributed by atoms with Crippen LogP contribution in [0, 0.1) is 11.2 Å². The number of halogens is 1. The number of hydrogen-bond acceptors (Lipinski definition) is 5. The predicted octanol–water partition coefficient (Wildman–Crippen LogP) is 4.48. The van der Waals surface area contributed by atoms with E-state index in [9.17, 15) is 18.8 Å². The van der Waals surface area contributed by atoms with E-state index in [0.717, 1.165) is 41.1 Å². The van der Waals surface area contributed by atoms with E-state index in [2.05, 4.69) is 27.5 Å². The number of amides is 3. The number of nitrogens with zero attached hydrogens (tertiary/aromatic N) is 2. The summed E-state index contributed by atoms with van der Waals surface area (Å²) in [5, 5.41) is 6.50. The molecule has 2 aliphatic rings. The zero-order chi connectivity index (χ0) is 29.4. The predicted molar refractivity (Wildman–Crippen MR) is 154 cm³/mol. The number of ether oxygens (including phenoxy) is 1. The Balaban J connectivity index is 1.08. The molecule has 216 valence electrons. The van der Waals surface area contributed by atoms with Crippen LogP contribution in [0.15, 0.2) is 67.0 Å². The van der Waals surface area contributed by atoms with Gasteiger partial charge in [0.15, 0.2) is 0 Å². The van der Waals surface area contributed by atoms with Gasteiger partial charge in [-0.1, -0.05) is 26.0 Å². The molecule has 1 saturated carbocycles. The lowest BCUT2D eigenvalue weighted by Gasteiger charge is -2.27. The number of aryl methyl sites for hydroxylation is 1. The molecule has 0 unspecified atom stereocenters. The van der Waals surface area contributed by atoms with Crippen molar-refractivity contribution < 1.29 is 23.5 Å². The summed E-state index contributed by atoms with van der Waals surface area (Å²) in [5.74, 6) is -1.14. The first-order valence-corrected chi connectivity index (χ1v) is 14.1. The Labute approximate surface area is 242 Å². The second kappa shape index (κ2) is 10.9. The number of carbonyl (C=O) groups is 3. The number of benzene rings is 2. The summed E-state index contributed by atoms with van der Waals surface area (Å²) in [7, 11) is 0. The summed E-state index contributed by atoms with van der Waals surface area (Å²) in [4.78, 5) is 48.4. The van der Waals surface area contributed by atoms with Crippen molar-refractivity contribution in [1.29, 1.82) is 0 Å². The van der Waals surface area contributed by atoms with Crippen molar-refractivity contribution in [3.05, 3.63) is 89.6 Å². The molecule has 0 bridgehead atoms. The molecule has 42 heavy (non-hydrogen) atoms. The fourth-order valence-corrected chi connectivity index (χ4v) is 5.82. The Hall–Kier alpha value is -4.73. The van der Waals surface area contributed by atoms with Gasteiger partial charge < -0.3 is 25.3 Å². The highest BCUT2D eigenvalue weighted by Crippen LogP contribution is 2.59. The van der Waals surface area contributed by atoms with Gasteiger partial charge in [0, 0.05) is 46.7 Å². The van der Waals surface area contributed by atoms with Gasteiger partial charge in [0.05, 0.1) is 13.1 Å². The number of rotatable bonds is 9. The molecule has 3 heterocycles. The van der Waals surface area contributed by atoms with Crippen LogP contribution in [-0.2, 0) is 22.6 Å². The fourth-order valence-electron chi connectivity index (χ4n) is 5.82. The van der Waals surface area contributed by atoms with Crippen LogP contribution in [0.2, 0.25) is 0 Å². The van der Waals surface area contributed by atoms with Crippen molar-refractivity contribution in [1.82, 2.24) is 25.5 Å². The first kappa shape index (κ1) is 27.4. The molecule has 3 N–H and O–H groups in total. The molecule has 0 radical (unpaired) electrons. The van der Waals surface area contributed by atoms with Gasteiger partial charge in [-0.2, -0.15) is 0 Å². The monoisotopic (exact) mass is 569 g/mol. The van der Waals surface area contributed by atoms with E-state index in [-0.39, 0.29) is 47.7 Å². The molecule has 0 spiro atoms. The topological polar surface area (TPSA) is 116 Å². The van der Waals surface area contributed by atoms with E-state index in [1.807, 2.05) is 31.2 Å². The van der Waals surface area contributed by atoms with Crippen molar-refractivity contribution in [2.75, 3.05) is 6.54 Å². The minimum atomic E-state index is -0.634. The van der Waals surface area contributed by atoms with E-state index in [1.165, 1.54) is 12.1 Å². The maximum absolute atomic E-state index is 14.4. The first-order chi connectivity index (χ1) is 20.2. The average molecular weight is 570 g/mol. The number of pyridine rings is 1. The van der Waals surface area contributed by atoms with Gasteiger partial charge in [-0.25, -0.2) is 4.39 Å². The van der Waals surface area contributed by atoms with Gasteiger partial charge in [0.1, 0.15) is 23.4 Å². The van der Waals surface area contributed by atoms with Crippen molar-refractivity contribution >= 4 is 28.6 Å². The van der Waals surface area contributed by atoms with Crippen LogP contribution in [0.5, 0.6) is 11.5 Å². The summed E-state index contributed by atoms with van der Waals surface area (Å²) in [5.41, 5.74) is 2.82. The van der Waals surface area contributed by atoms with E-state index < -0.39 is 17.8 Å². The highest BCUT2D eigenvalue weighted by molar-refractivity contribution is 5.98. The molecule has 10 heteroatoms. The highest BCUT2D eigenvalue weighted by atomic mass is 19.1. The Morgan fingerprint density at radius 2 is 1.88 bits per heavy atom. The third-order valence-electron chi connectivity index (χ3n) is 8.26. The number of carbonyl (C=O) groups excluding carboxylic acids is 3. The Morgan fingerprint density at radius 3 is 2.64 bits per heavy atom. The largest absolute Gasteiger partial charge is 0.457 e. The summed E-state index contributed by atoms with van der Waals surface area (Å²) in [6, 6.07) is 14.3. The van der Waals surface area contributed by atoms with Crippen LogP contribution in [-0.4, -0.2) is 51.2 Å². The van der Waals surface area contributed by atoms with E-state index in [1.54, 1.807) is 29.4 Å².